The first kappa shape index (κ1) is 14.2. The van der Waals surface area contributed by atoms with Crippen molar-refractivity contribution in [2.24, 2.45) is 0 Å². The molecule has 6 heteroatoms. The van der Waals surface area contributed by atoms with Gasteiger partial charge in [0.15, 0.2) is 0 Å². The molecule has 0 aromatic heterocycles. The fourth-order valence-electron chi connectivity index (χ4n) is 2.21. The fraction of sp³-hybridized carbons (Fsp3) is 0.357. The first-order valence-corrected chi connectivity index (χ1v) is 6.35. The van der Waals surface area contributed by atoms with Gasteiger partial charge in [0.2, 0.25) is 0 Å². The van der Waals surface area contributed by atoms with Gasteiger partial charge < -0.3 is 9.64 Å². The van der Waals surface area contributed by atoms with Crippen molar-refractivity contribution in [2.75, 3.05) is 18.1 Å². The van der Waals surface area contributed by atoms with Gasteiger partial charge >= 0.3 is 0 Å². The number of fused-ring (bicyclic) bond motifs is 1. The minimum Gasteiger partial charge on any atom is -0.365 e. The highest BCUT2D eigenvalue weighted by molar-refractivity contribution is 5.98. The Balaban J connectivity index is 2.21. The summed E-state index contributed by atoms with van der Waals surface area (Å²) in [5, 5.41) is 10.8. The molecular formula is C14H16N2O4. The van der Waals surface area contributed by atoms with Crippen LogP contribution in [0.2, 0.25) is 0 Å². The second-order valence-electron chi connectivity index (χ2n) is 4.57. The topological polar surface area (TPSA) is 72.7 Å². The number of rotatable bonds is 5. The Bertz CT molecular complexity index is 556. The number of amides is 1. The zero-order chi connectivity index (χ0) is 14.7. The van der Waals surface area contributed by atoms with Crippen molar-refractivity contribution in [3.05, 3.63) is 46.5 Å². The first-order chi connectivity index (χ1) is 9.54. The van der Waals surface area contributed by atoms with Crippen LogP contribution in [0.5, 0.6) is 0 Å². The van der Waals surface area contributed by atoms with Gasteiger partial charge in [-0.15, -0.1) is 6.58 Å². The van der Waals surface area contributed by atoms with Crippen LogP contribution in [0.1, 0.15) is 12.5 Å². The molecule has 106 valence electrons. The smallest absolute Gasteiger partial charge is 0.271 e. The summed E-state index contributed by atoms with van der Waals surface area (Å²) in [6.45, 7) is 6.02. The number of ether oxygens (including phenoxy) is 1. The Kier molecular flexibility index (Phi) is 4.14. The summed E-state index contributed by atoms with van der Waals surface area (Å²) in [4.78, 5) is 24.2. The Morgan fingerprint density at radius 3 is 3.05 bits per heavy atom. The minimum absolute atomic E-state index is 0.0110. The maximum Gasteiger partial charge on any atom is 0.271 e. The number of carbonyl (C=O) groups excluding carboxylic acids is 1. The van der Waals surface area contributed by atoms with Gasteiger partial charge in [0, 0.05) is 18.7 Å². The van der Waals surface area contributed by atoms with Crippen LogP contribution >= 0.6 is 0 Å². The molecule has 20 heavy (non-hydrogen) atoms. The van der Waals surface area contributed by atoms with E-state index in [0.29, 0.717) is 25.3 Å². The maximum atomic E-state index is 12.3. The van der Waals surface area contributed by atoms with Gasteiger partial charge in [-0.3, -0.25) is 14.9 Å². The van der Waals surface area contributed by atoms with Crippen molar-refractivity contribution in [2.45, 2.75) is 19.4 Å². The summed E-state index contributed by atoms with van der Waals surface area (Å²) >= 11 is 0. The lowest BCUT2D eigenvalue weighted by Crippen LogP contribution is -2.38. The number of hydrogen-bond donors (Lipinski definition) is 0. The average Bonchev–Trinajstić information content (AvgIpc) is 2.86. The third-order valence-corrected chi connectivity index (χ3v) is 3.25. The molecule has 1 aromatic rings. The molecule has 1 heterocycles. The van der Waals surface area contributed by atoms with Crippen molar-refractivity contribution in [3.8, 4) is 0 Å². The third kappa shape index (κ3) is 2.70. The second kappa shape index (κ2) is 5.83. The van der Waals surface area contributed by atoms with Gasteiger partial charge in [0.05, 0.1) is 17.2 Å². The molecule has 0 saturated carbocycles. The summed E-state index contributed by atoms with van der Waals surface area (Å²) in [7, 11) is 0. The summed E-state index contributed by atoms with van der Waals surface area (Å²) in [6.07, 6.45) is 1.68. The van der Waals surface area contributed by atoms with E-state index in [-0.39, 0.29) is 11.6 Å². The highest BCUT2D eigenvalue weighted by atomic mass is 16.6. The SMILES string of the molecule is C=CCO[C@H](C)C(=O)N1CCc2ccc([N+](=O)[O-])cc21. The summed E-state index contributed by atoms with van der Waals surface area (Å²) in [6, 6.07) is 4.61. The number of nitrogens with zero attached hydrogens (tertiary/aromatic N) is 2. The van der Waals surface area contributed by atoms with Crippen LogP contribution in [0, 0.1) is 10.1 Å². The first-order valence-electron chi connectivity index (χ1n) is 6.35. The van der Waals surface area contributed by atoms with Gasteiger partial charge in [-0.2, -0.15) is 0 Å². The second-order valence-corrected chi connectivity index (χ2v) is 4.57. The predicted octanol–water partition coefficient (Wildman–Crippen LogP) is 2.08. The molecule has 1 aromatic carbocycles. The Morgan fingerprint density at radius 2 is 2.40 bits per heavy atom. The van der Waals surface area contributed by atoms with Gasteiger partial charge in [-0.25, -0.2) is 0 Å². The lowest BCUT2D eigenvalue weighted by atomic mass is 10.1. The third-order valence-electron chi connectivity index (χ3n) is 3.25. The van der Waals surface area contributed by atoms with Crippen LogP contribution < -0.4 is 4.90 Å². The molecule has 6 nitrogen and oxygen atoms in total. The molecule has 0 radical (unpaired) electrons. The number of anilines is 1. The standard InChI is InChI=1S/C14H16N2O4/c1-3-8-20-10(2)14(17)15-7-6-11-4-5-12(16(18)19)9-13(11)15/h3-5,9-10H,1,6-8H2,2H3/t10-/m1/s1. The zero-order valence-corrected chi connectivity index (χ0v) is 11.2. The van der Waals surface area contributed by atoms with E-state index < -0.39 is 11.0 Å². The van der Waals surface area contributed by atoms with Gasteiger partial charge in [-0.1, -0.05) is 12.1 Å². The number of hydrogen-bond acceptors (Lipinski definition) is 4. The molecular weight excluding hydrogens is 260 g/mol. The van der Waals surface area contributed by atoms with Gasteiger partial charge in [-0.05, 0) is 18.9 Å². The van der Waals surface area contributed by atoms with E-state index in [1.54, 1.807) is 24.0 Å². The Morgan fingerprint density at radius 1 is 1.65 bits per heavy atom. The quantitative estimate of drug-likeness (QED) is 0.469. The van der Waals surface area contributed by atoms with Crippen LogP contribution in [-0.4, -0.2) is 30.1 Å². The highest BCUT2D eigenvalue weighted by Crippen LogP contribution is 2.32. The van der Waals surface area contributed by atoms with E-state index in [9.17, 15) is 14.9 Å². The van der Waals surface area contributed by atoms with Crippen LogP contribution in [0.25, 0.3) is 0 Å². The molecule has 0 bridgehead atoms. The number of carbonyl (C=O) groups is 1. The van der Waals surface area contributed by atoms with Crippen LogP contribution in [0.4, 0.5) is 11.4 Å². The molecule has 1 atom stereocenters. The van der Waals surface area contributed by atoms with E-state index in [1.807, 2.05) is 0 Å². The van der Waals surface area contributed by atoms with Gasteiger partial charge in [0.1, 0.15) is 6.10 Å². The summed E-state index contributed by atoms with van der Waals surface area (Å²) in [5.41, 5.74) is 1.54. The molecule has 0 saturated heterocycles. The zero-order valence-electron chi connectivity index (χ0n) is 11.2. The van der Waals surface area contributed by atoms with Crippen LogP contribution in [0.3, 0.4) is 0 Å². The van der Waals surface area contributed by atoms with Crippen molar-refractivity contribution >= 4 is 17.3 Å². The number of non-ortho nitro benzene ring substituents is 1. The lowest BCUT2D eigenvalue weighted by molar-refractivity contribution is -0.384. The van der Waals surface area contributed by atoms with Crippen molar-refractivity contribution < 1.29 is 14.5 Å². The van der Waals surface area contributed by atoms with Crippen molar-refractivity contribution in [1.29, 1.82) is 0 Å². The summed E-state index contributed by atoms with van der Waals surface area (Å²) < 4.78 is 5.31. The Labute approximate surface area is 116 Å². The number of nitro benzene ring substituents is 1. The molecule has 0 N–H and O–H groups in total. The number of benzene rings is 1. The number of nitro groups is 1. The minimum atomic E-state index is -0.599. The molecule has 1 amide bonds. The van der Waals surface area contributed by atoms with E-state index >= 15 is 0 Å². The van der Waals surface area contributed by atoms with Crippen LogP contribution in [-0.2, 0) is 16.0 Å². The largest absolute Gasteiger partial charge is 0.365 e. The molecule has 0 fully saturated rings. The normalized spacial score (nSPS) is 14.8. The van der Waals surface area contributed by atoms with E-state index in [0.717, 1.165) is 5.56 Å². The van der Waals surface area contributed by atoms with Crippen molar-refractivity contribution in [3.63, 3.8) is 0 Å². The fourth-order valence-corrected chi connectivity index (χ4v) is 2.21. The molecule has 2 rings (SSSR count). The van der Waals surface area contributed by atoms with E-state index in [2.05, 4.69) is 6.58 Å². The van der Waals surface area contributed by atoms with Gasteiger partial charge in [0.25, 0.3) is 11.6 Å². The van der Waals surface area contributed by atoms with E-state index in [4.69, 9.17) is 4.74 Å². The predicted molar refractivity (Wildman–Crippen MR) is 74.8 cm³/mol. The van der Waals surface area contributed by atoms with Crippen molar-refractivity contribution in [1.82, 2.24) is 0 Å². The molecule has 1 aliphatic heterocycles. The lowest BCUT2D eigenvalue weighted by Gasteiger charge is -2.21. The van der Waals surface area contributed by atoms with Crippen LogP contribution in [0.15, 0.2) is 30.9 Å². The van der Waals surface area contributed by atoms with E-state index in [1.165, 1.54) is 12.1 Å². The maximum absolute atomic E-state index is 12.3. The molecule has 1 aliphatic rings. The Hall–Kier alpha value is -2.21. The molecule has 0 aliphatic carbocycles. The highest BCUT2D eigenvalue weighted by Gasteiger charge is 2.29. The summed E-state index contributed by atoms with van der Waals surface area (Å²) in [5.74, 6) is -0.189. The monoisotopic (exact) mass is 276 g/mol. The molecule has 0 unspecified atom stereocenters. The molecule has 0 spiro atoms. The average molecular weight is 276 g/mol.